The van der Waals surface area contributed by atoms with E-state index in [0.29, 0.717) is 0 Å². The second-order valence-electron chi connectivity index (χ2n) is 7.61. The van der Waals surface area contributed by atoms with Gasteiger partial charge in [0.15, 0.2) is 0 Å². The molecule has 0 aliphatic carbocycles. The number of rotatable bonds is 10. The molecule has 2 atom stereocenters. The van der Waals surface area contributed by atoms with Crippen molar-refractivity contribution in [2.75, 3.05) is 13.2 Å². The average molecular weight is 451 g/mol. The van der Waals surface area contributed by atoms with Gasteiger partial charge >= 0.3 is 11.8 Å². The molecule has 1 aromatic carbocycles. The summed E-state index contributed by atoms with van der Waals surface area (Å²) in [7, 11) is -3.04. The van der Waals surface area contributed by atoms with Crippen molar-refractivity contribution in [3.05, 3.63) is 35.9 Å². The number of ether oxygens (including phenoxy) is 2. The van der Waals surface area contributed by atoms with Crippen LogP contribution in [0.25, 0.3) is 0 Å². The summed E-state index contributed by atoms with van der Waals surface area (Å²) in [4.78, 5) is 29.5. The molecule has 0 spiro atoms. The largest absolute Gasteiger partial charge is 0.461 e. The monoisotopic (exact) mass is 450 g/mol. The Labute approximate surface area is 177 Å². The topological polar surface area (TPSA) is 146 Å². The standard InChI is InChI=1S/C19H28O6.H2O4S/c1-6-24-19(25-22,16(20)15-10-8-7-9-11-15)17(21)23-13-14(2)12-18(3,4)5;1-4-5(2)3/h7-11,14,22H,6,12-13H2,1-5H3;1,5H. The molecule has 2 N–H and O–H groups in total. The molecular formula is C19H30O10S. The van der Waals surface area contributed by atoms with Crippen molar-refractivity contribution in [1.82, 2.24) is 0 Å². The normalized spacial score (nSPS) is 14.3. The second kappa shape index (κ2) is 13.4. The van der Waals surface area contributed by atoms with Gasteiger partial charge in [0.1, 0.15) is 0 Å². The van der Waals surface area contributed by atoms with Gasteiger partial charge in [0.25, 0.3) is 11.0 Å². The maximum absolute atomic E-state index is 12.7. The predicted molar refractivity (Wildman–Crippen MR) is 107 cm³/mol. The van der Waals surface area contributed by atoms with E-state index in [-0.39, 0.29) is 30.1 Å². The summed E-state index contributed by atoms with van der Waals surface area (Å²) in [6.07, 6.45) is 0.828. The van der Waals surface area contributed by atoms with Crippen LogP contribution in [-0.2, 0) is 34.5 Å². The van der Waals surface area contributed by atoms with Crippen LogP contribution in [0.2, 0.25) is 0 Å². The Morgan fingerprint density at radius 3 is 2.03 bits per heavy atom. The van der Waals surface area contributed by atoms with E-state index in [4.69, 9.17) is 23.1 Å². The van der Waals surface area contributed by atoms with Crippen LogP contribution in [0.4, 0.5) is 0 Å². The molecule has 2 unspecified atom stereocenters. The van der Waals surface area contributed by atoms with Gasteiger partial charge in [0.2, 0.25) is 5.78 Å². The molecule has 0 saturated carbocycles. The number of hydrogen-bond acceptors (Lipinski definition) is 10. The zero-order valence-electron chi connectivity index (χ0n) is 17.7. The molecule has 0 aliphatic heterocycles. The molecule has 0 saturated heterocycles. The van der Waals surface area contributed by atoms with Crippen molar-refractivity contribution in [2.24, 2.45) is 11.3 Å². The third-order valence-electron chi connectivity index (χ3n) is 3.61. The van der Waals surface area contributed by atoms with Crippen molar-refractivity contribution in [2.45, 2.75) is 46.8 Å². The number of carbonyl (C=O) groups is 2. The Hall–Kier alpha value is -1.89. The van der Waals surface area contributed by atoms with E-state index in [1.807, 2.05) is 6.92 Å². The van der Waals surface area contributed by atoms with Crippen LogP contribution in [0.1, 0.15) is 51.4 Å². The van der Waals surface area contributed by atoms with E-state index in [0.717, 1.165) is 6.42 Å². The van der Waals surface area contributed by atoms with Crippen LogP contribution in [0.15, 0.2) is 30.3 Å². The lowest BCUT2D eigenvalue weighted by Gasteiger charge is -2.28. The summed E-state index contributed by atoms with van der Waals surface area (Å²) in [6.45, 7) is 9.87. The summed E-state index contributed by atoms with van der Waals surface area (Å²) in [5.41, 5.74) is 0.251. The lowest BCUT2D eigenvalue weighted by atomic mass is 9.86. The van der Waals surface area contributed by atoms with Crippen LogP contribution in [-0.4, -0.2) is 49.7 Å². The van der Waals surface area contributed by atoms with E-state index >= 15 is 0 Å². The number of carbonyl (C=O) groups excluding carboxylic acids is 2. The lowest BCUT2D eigenvalue weighted by Crippen LogP contribution is -2.52. The highest BCUT2D eigenvalue weighted by molar-refractivity contribution is 7.67. The number of Topliss-reactive ketones (excluding diaryl/α,β-unsaturated/α-hetero) is 1. The zero-order valence-corrected chi connectivity index (χ0v) is 18.6. The number of benzene rings is 1. The maximum Gasteiger partial charge on any atom is 0.378 e. The van der Waals surface area contributed by atoms with Crippen LogP contribution in [0, 0.1) is 11.3 Å². The van der Waals surface area contributed by atoms with E-state index < -0.39 is 28.5 Å². The highest BCUT2D eigenvalue weighted by Crippen LogP contribution is 2.26. The smallest absolute Gasteiger partial charge is 0.378 e. The van der Waals surface area contributed by atoms with Gasteiger partial charge in [0, 0.05) is 12.2 Å². The van der Waals surface area contributed by atoms with Crippen molar-refractivity contribution in [3.8, 4) is 0 Å². The van der Waals surface area contributed by atoms with Gasteiger partial charge in [-0.1, -0.05) is 58.0 Å². The van der Waals surface area contributed by atoms with Crippen LogP contribution in [0.3, 0.4) is 0 Å². The number of hydrogen-bond donors (Lipinski definition) is 3. The molecule has 0 aromatic heterocycles. The fraction of sp³-hybridized carbons (Fsp3) is 0.579. The van der Waals surface area contributed by atoms with Gasteiger partial charge in [0.05, 0.1) is 6.61 Å². The molecule has 11 heteroatoms. The molecule has 0 bridgehead atoms. The third kappa shape index (κ3) is 9.74. The fourth-order valence-electron chi connectivity index (χ4n) is 2.72. The van der Waals surface area contributed by atoms with Gasteiger partial charge in [-0.25, -0.2) is 23.7 Å². The van der Waals surface area contributed by atoms with Crippen molar-refractivity contribution in [3.63, 3.8) is 0 Å². The van der Waals surface area contributed by atoms with Crippen molar-refractivity contribution >= 4 is 22.7 Å². The molecule has 172 valence electrons. The Kier molecular flexibility index (Phi) is 12.6. The molecule has 0 heterocycles. The second-order valence-corrected chi connectivity index (χ2v) is 8.22. The van der Waals surface area contributed by atoms with E-state index in [1.54, 1.807) is 25.1 Å². The van der Waals surface area contributed by atoms with Crippen LogP contribution < -0.4 is 0 Å². The Morgan fingerprint density at radius 2 is 1.63 bits per heavy atom. The Bertz CT molecular complexity index is 719. The maximum atomic E-state index is 12.7. The van der Waals surface area contributed by atoms with Gasteiger partial charge in [-0.05, 0) is 24.7 Å². The van der Waals surface area contributed by atoms with Gasteiger partial charge in [-0.15, -0.1) is 4.33 Å². The lowest BCUT2D eigenvalue weighted by molar-refractivity contribution is -0.368. The average Bonchev–Trinajstić information content (AvgIpc) is 2.69. The number of ketones is 1. The Balaban J connectivity index is 0.00000150. The minimum atomic E-state index is -3.04. The Morgan fingerprint density at radius 1 is 1.10 bits per heavy atom. The number of esters is 1. The first-order valence-corrected chi connectivity index (χ1v) is 10.2. The number of thiol groups is 1. The third-order valence-corrected chi connectivity index (χ3v) is 3.74. The van der Waals surface area contributed by atoms with E-state index in [1.165, 1.54) is 12.1 Å². The fourth-order valence-corrected chi connectivity index (χ4v) is 2.72. The predicted octanol–water partition coefficient (Wildman–Crippen LogP) is 2.71. The van der Waals surface area contributed by atoms with Crippen LogP contribution >= 0.6 is 0 Å². The highest BCUT2D eigenvalue weighted by Gasteiger charge is 2.52. The van der Waals surface area contributed by atoms with Crippen molar-refractivity contribution < 1.29 is 47.2 Å². The van der Waals surface area contributed by atoms with Gasteiger partial charge in [-0.2, -0.15) is 4.89 Å². The first-order chi connectivity index (χ1) is 13.9. The van der Waals surface area contributed by atoms with Gasteiger partial charge in [-0.3, -0.25) is 4.79 Å². The molecular weight excluding hydrogens is 420 g/mol. The summed E-state index contributed by atoms with van der Waals surface area (Å²) < 4.78 is 31.0. The molecule has 0 radical (unpaired) electrons. The highest BCUT2D eigenvalue weighted by atomic mass is 32.2. The summed E-state index contributed by atoms with van der Waals surface area (Å²) >= 11 is 0. The molecule has 30 heavy (non-hydrogen) atoms. The van der Waals surface area contributed by atoms with Gasteiger partial charge < -0.3 is 9.47 Å². The quantitative estimate of drug-likeness (QED) is 0.0925. The zero-order chi connectivity index (χ0) is 23.4. The summed E-state index contributed by atoms with van der Waals surface area (Å²) in [5, 5.41) is 16.4. The molecule has 0 aliphatic rings. The molecule has 0 fully saturated rings. The van der Waals surface area contributed by atoms with Crippen molar-refractivity contribution in [1.29, 1.82) is 0 Å². The molecule has 1 aromatic rings. The first kappa shape index (κ1) is 28.1. The minimum absolute atomic E-state index is 0.0220. The first-order valence-electron chi connectivity index (χ1n) is 9.13. The molecule has 10 nitrogen and oxygen atoms in total. The van der Waals surface area contributed by atoms with E-state index in [9.17, 15) is 14.8 Å². The van der Waals surface area contributed by atoms with E-state index in [2.05, 4.69) is 30.0 Å². The molecule has 1 rings (SSSR count). The summed E-state index contributed by atoms with van der Waals surface area (Å²) in [5.74, 6) is -4.32. The van der Waals surface area contributed by atoms with Crippen LogP contribution in [0.5, 0.6) is 0 Å². The molecule has 0 amide bonds. The SMILES string of the molecule is CCOC(OO)(C(=O)OCC(C)CC(C)(C)C)C(=O)c1ccccc1.O=[SH](=O)OO. The minimum Gasteiger partial charge on any atom is -0.461 e. The summed E-state index contributed by atoms with van der Waals surface area (Å²) in [6, 6.07) is 8.01.